The lowest BCUT2D eigenvalue weighted by molar-refractivity contribution is -0.384. The minimum atomic E-state index is -0.516. The van der Waals surface area contributed by atoms with Crippen molar-refractivity contribution in [1.82, 2.24) is 4.98 Å². The number of nitrogens with zero attached hydrogens (tertiary/aromatic N) is 2. The van der Waals surface area contributed by atoms with Crippen LogP contribution in [0, 0.1) is 10.1 Å². The highest BCUT2D eigenvalue weighted by atomic mass is 16.6. The van der Waals surface area contributed by atoms with E-state index in [0.717, 1.165) is 0 Å². The molecule has 2 aromatic rings. The van der Waals surface area contributed by atoms with Crippen molar-refractivity contribution in [3.63, 3.8) is 0 Å². The summed E-state index contributed by atoms with van der Waals surface area (Å²) in [7, 11) is 1.56. The Morgan fingerprint density at radius 2 is 1.95 bits per heavy atom. The van der Waals surface area contributed by atoms with Crippen molar-refractivity contribution in [2.75, 3.05) is 18.2 Å². The van der Waals surface area contributed by atoms with Crippen LogP contribution in [0.5, 0.6) is 5.75 Å². The first-order valence-electron chi connectivity index (χ1n) is 5.42. The van der Waals surface area contributed by atoms with E-state index in [2.05, 4.69) is 10.3 Å². The standard InChI is InChI=1S/C12H12N4O3/c1-19-9-4-2-8(3-5-9)14-12-10(16(17)18)6-7-11(13)15-12/h2-7H,1H3,(H3,13,14,15). The quantitative estimate of drug-likeness (QED) is 0.645. The molecule has 7 nitrogen and oxygen atoms in total. The largest absolute Gasteiger partial charge is 0.497 e. The maximum absolute atomic E-state index is 10.9. The lowest BCUT2D eigenvalue weighted by Gasteiger charge is -2.07. The van der Waals surface area contributed by atoms with Crippen LogP contribution >= 0.6 is 0 Å². The van der Waals surface area contributed by atoms with Crippen LogP contribution in [0.15, 0.2) is 36.4 Å². The minimum Gasteiger partial charge on any atom is -0.497 e. The van der Waals surface area contributed by atoms with Crippen LogP contribution in [0.4, 0.5) is 23.0 Å². The highest BCUT2D eigenvalue weighted by Gasteiger charge is 2.15. The Labute approximate surface area is 109 Å². The molecular weight excluding hydrogens is 248 g/mol. The Kier molecular flexibility index (Phi) is 3.46. The first-order valence-corrected chi connectivity index (χ1v) is 5.42. The molecule has 98 valence electrons. The van der Waals surface area contributed by atoms with Gasteiger partial charge in [-0.3, -0.25) is 10.1 Å². The molecule has 0 aliphatic heterocycles. The third-order valence-corrected chi connectivity index (χ3v) is 2.44. The minimum absolute atomic E-state index is 0.107. The molecule has 19 heavy (non-hydrogen) atoms. The number of rotatable bonds is 4. The van der Waals surface area contributed by atoms with Gasteiger partial charge in [-0.05, 0) is 30.3 Å². The third-order valence-electron chi connectivity index (χ3n) is 2.44. The number of nitrogens with one attached hydrogen (secondary N) is 1. The summed E-state index contributed by atoms with van der Waals surface area (Å²) in [5, 5.41) is 13.7. The molecule has 2 rings (SSSR count). The van der Waals surface area contributed by atoms with E-state index in [9.17, 15) is 10.1 Å². The summed E-state index contributed by atoms with van der Waals surface area (Å²) in [6.07, 6.45) is 0. The molecule has 0 radical (unpaired) electrons. The van der Waals surface area contributed by atoms with Crippen molar-refractivity contribution in [3.8, 4) is 5.75 Å². The molecule has 1 heterocycles. The Bertz CT molecular complexity index is 598. The molecule has 0 bridgehead atoms. The molecule has 0 saturated heterocycles. The zero-order valence-electron chi connectivity index (χ0n) is 10.2. The maximum Gasteiger partial charge on any atom is 0.311 e. The summed E-state index contributed by atoms with van der Waals surface area (Å²) in [6.45, 7) is 0. The summed E-state index contributed by atoms with van der Waals surface area (Å²) < 4.78 is 5.03. The molecule has 0 unspecified atom stereocenters. The number of benzene rings is 1. The first-order chi connectivity index (χ1) is 9.10. The predicted octanol–water partition coefficient (Wildman–Crippen LogP) is 2.32. The molecule has 0 saturated carbocycles. The summed E-state index contributed by atoms with van der Waals surface area (Å²) in [5.41, 5.74) is 6.05. The van der Waals surface area contributed by atoms with Crippen LogP contribution in [0.3, 0.4) is 0 Å². The van der Waals surface area contributed by atoms with Crippen LogP contribution in [0.25, 0.3) is 0 Å². The van der Waals surface area contributed by atoms with Crippen LogP contribution in [-0.2, 0) is 0 Å². The highest BCUT2D eigenvalue weighted by Crippen LogP contribution is 2.27. The maximum atomic E-state index is 10.9. The van der Waals surface area contributed by atoms with Gasteiger partial charge in [0.2, 0.25) is 5.82 Å². The Balaban J connectivity index is 2.31. The molecule has 0 spiro atoms. The smallest absolute Gasteiger partial charge is 0.311 e. The fraction of sp³-hybridized carbons (Fsp3) is 0.0833. The molecule has 0 amide bonds. The summed E-state index contributed by atoms with van der Waals surface area (Å²) in [5.74, 6) is 1.01. The van der Waals surface area contributed by atoms with E-state index >= 15 is 0 Å². The van der Waals surface area contributed by atoms with Gasteiger partial charge in [0.25, 0.3) is 0 Å². The number of nitrogens with two attached hydrogens (primary N) is 1. The van der Waals surface area contributed by atoms with Crippen LogP contribution in [-0.4, -0.2) is 17.0 Å². The Morgan fingerprint density at radius 3 is 2.53 bits per heavy atom. The lowest BCUT2D eigenvalue weighted by atomic mass is 10.3. The Hall–Kier alpha value is -2.83. The van der Waals surface area contributed by atoms with E-state index in [1.807, 2.05) is 0 Å². The van der Waals surface area contributed by atoms with Crippen molar-refractivity contribution >= 4 is 23.0 Å². The number of nitro groups is 1. The monoisotopic (exact) mass is 260 g/mol. The summed E-state index contributed by atoms with van der Waals surface area (Å²) in [6, 6.07) is 9.63. The summed E-state index contributed by atoms with van der Waals surface area (Å²) >= 11 is 0. The molecular formula is C12H12N4O3. The number of anilines is 3. The second-order valence-corrected chi connectivity index (χ2v) is 3.71. The normalized spacial score (nSPS) is 9.95. The van der Waals surface area contributed by atoms with Crippen molar-refractivity contribution in [2.45, 2.75) is 0 Å². The highest BCUT2D eigenvalue weighted by molar-refractivity contribution is 5.67. The molecule has 1 aromatic carbocycles. The van der Waals surface area contributed by atoms with Gasteiger partial charge in [0.15, 0.2) is 0 Å². The molecule has 7 heteroatoms. The second-order valence-electron chi connectivity index (χ2n) is 3.71. The number of nitrogen functional groups attached to an aromatic ring is 1. The number of aromatic nitrogens is 1. The van der Waals surface area contributed by atoms with Gasteiger partial charge in [0.05, 0.1) is 12.0 Å². The van der Waals surface area contributed by atoms with E-state index in [1.165, 1.54) is 12.1 Å². The van der Waals surface area contributed by atoms with E-state index < -0.39 is 4.92 Å². The van der Waals surface area contributed by atoms with Crippen molar-refractivity contribution in [1.29, 1.82) is 0 Å². The van der Waals surface area contributed by atoms with E-state index in [1.54, 1.807) is 31.4 Å². The van der Waals surface area contributed by atoms with Crippen LogP contribution in [0.2, 0.25) is 0 Å². The molecule has 0 fully saturated rings. The van der Waals surface area contributed by atoms with Gasteiger partial charge >= 0.3 is 5.69 Å². The SMILES string of the molecule is COc1ccc(Nc2nc(N)ccc2[N+](=O)[O-])cc1. The Morgan fingerprint density at radius 1 is 1.26 bits per heavy atom. The van der Waals surface area contributed by atoms with E-state index in [0.29, 0.717) is 11.4 Å². The van der Waals surface area contributed by atoms with Crippen molar-refractivity contribution in [2.24, 2.45) is 0 Å². The lowest BCUT2D eigenvalue weighted by Crippen LogP contribution is -2.02. The van der Waals surface area contributed by atoms with Gasteiger partial charge in [-0.2, -0.15) is 0 Å². The van der Waals surface area contributed by atoms with E-state index in [-0.39, 0.29) is 17.3 Å². The molecule has 0 atom stereocenters. The number of ether oxygens (including phenoxy) is 1. The van der Waals surface area contributed by atoms with Crippen LogP contribution in [0.1, 0.15) is 0 Å². The molecule has 0 aliphatic rings. The van der Waals surface area contributed by atoms with Gasteiger partial charge in [0.1, 0.15) is 11.6 Å². The average molecular weight is 260 g/mol. The fourth-order valence-electron chi connectivity index (χ4n) is 1.52. The predicted molar refractivity (Wildman–Crippen MR) is 71.6 cm³/mol. The van der Waals surface area contributed by atoms with Gasteiger partial charge < -0.3 is 15.8 Å². The zero-order chi connectivity index (χ0) is 13.8. The molecule has 1 aromatic heterocycles. The molecule has 0 aliphatic carbocycles. The van der Waals surface area contributed by atoms with Gasteiger partial charge in [-0.25, -0.2) is 4.98 Å². The molecule has 3 N–H and O–H groups in total. The number of pyridine rings is 1. The van der Waals surface area contributed by atoms with Gasteiger partial charge in [0, 0.05) is 11.8 Å². The second kappa shape index (κ2) is 5.21. The number of hydrogen-bond acceptors (Lipinski definition) is 6. The van der Waals surface area contributed by atoms with Crippen LogP contribution < -0.4 is 15.8 Å². The van der Waals surface area contributed by atoms with Gasteiger partial charge in [-0.1, -0.05) is 0 Å². The first kappa shape index (κ1) is 12.6. The average Bonchev–Trinajstić information content (AvgIpc) is 2.39. The topological polar surface area (TPSA) is 103 Å². The van der Waals surface area contributed by atoms with Crippen molar-refractivity contribution in [3.05, 3.63) is 46.5 Å². The van der Waals surface area contributed by atoms with E-state index in [4.69, 9.17) is 10.5 Å². The number of hydrogen-bond donors (Lipinski definition) is 2. The third kappa shape index (κ3) is 2.89. The van der Waals surface area contributed by atoms with Gasteiger partial charge in [-0.15, -0.1) is 0 Å². The fourth-order valence-corrected chi connectivity index (χ4v) is 1.52. The number of methoxy groups -OCH3 is 1. The summed E-state index contributed by atoms with van der Waals surface area (Å²) in [4.78, 5) is 14.3. The zero-order valence-corrected chi connectivity index (χ0v) is 10.2. The van der Waals surface area contributed by atoms with Crippen molar-refractivity contribution < 1.29 is 9.66 Å².